The van der Waals surface area contributed by atoms with E-state index in [9.17, 15) is 13.6 Å². The van der Waals surface area contributed by atoms with Crippen LogP contribution in [0.25, 0.3) is 0 Å². The zero-order valence-corrected chi connectivity index (χ0v) is 19.0. The third-order valence-electron chi connectivity index (χ3n) is 4.12. The maximum atomic E-state index is 12.5. The highest BCUT2D eigenvalue weighted by atomic mass is 127. The summed E-state index contributed by atoms with van der Waals surface area (Å²) in [7, 11) is 1.40. The highest BCUT2D eigenvalue weighted by Gasteiger charge is 2.28. The molecule has 0 radical (unpaired) electrons. The summed E-state index contributed by atoms with van der Waals surface area (Å²) in [6.45, 7) is 1.32. The predicted octanol–water partition coefficient (Wildman–Crippen LogP) is 2.54. The number of rotatable bonds is 11. The summed E-state index contributed by atoms with van der Waals surface area (Å²) >= 11 is 0. The Bertz CT molecular complexity index is 673. The molecule has 0 atom stereocenters. The smallest absolute Gasteiger partial charge is 0.387 e. The number of ether oxygens (including phenoxy) is 2. The average molecular weight is 526 g/mol. The highest BCUT2D eigenvalue weighted by Crippen LogP contribution is 2.29. The summed E-state index contributed by atoms with van der Waals surface area (Å²) in [4.78, 5) is 16.1. The Kier molecular flexibility index (Phi) is 11.6. The van der Waals surface area contributed by atoms with E-state index in [1.165, 1.54) is 13.2 Å². The second kappa shape index (κ2) is 13.4. The normalized spacial score (nSPS) is 13.5. The van der Waals surface area contributed by atoms with Crippen LogP contribution < -0.4 is 25.4 Å². The van der Waals surface area contributed by atoms with Crippen molar-refractivity contribution >= 4 is 35.8 Å². The van der Waals surface area contributed by atoms with Crippen LogP contribution in [0.5, 0.6) is 11.5 Å². The van der Waals surface area contributed by atoms with Crippen LogP contribution in [0.2, 0.25) is 0 Å². The van der Waals surface area contributed by atoms with Gasteiger partial charge in [0.1, 0.15) is 0 Å². The molecule has 10 heteroatoms. The Balaban J connectivity index is 0.00000420. The number of amides is 1. The minimum atomic E-state index is -2.91. The summed E-state index contributed by atoms with van der Waals surface area (Å²) < 4.78 is 34.6. The Morgan fingerprint density at radius 3 is 2.55 bits per heavy atom. The average Bonchev–Trinajstić information content (AvgIpc) is 3.50. The van der Waals surface area contributed by atoms with Gasteiger partial charge >= 0.3 is 6.61 Å². The van der Waals surface area contributed by atoms with Crippen LogP contribution in [0.3, 0.4) is 0 Å². The molecule has 0 saturated heterocycles. The van der Waals surface area contributed by atoms with Gasteiger partial charge in [-0.1, -0.05) is 6.07 Å². The molecule has 1 aromatic carbocycles. The summed E-state index contributed by atoms with van der Waals surface area (Å²) in [6.07, 6.45) is 2.52. The molecule has 1 aliphatic carbocycles. The molecule has 0 heterocycles. The second-order valence-corrected chi connectivity index (χ2v) is 6.37. The van der Waals surface area contributed by atoms with Crippen LogP contribution in [-0.4, -0.2) is 51.8 Å². The number of nitrogens with one attached hydrogen (secondary N) is 3. The van der Waals surface area contributed by atoms with Gasteiger partial charge in [0.05, 0.1) is 7.11 Å². The van der Waals surface area contributed by atoms with Gasteiger partial charge in [0, 0.05) is 32.1 Å². The van der Waals surface area contributed by atoms with Gasteiger partial charge in [-0.15, -0.1) is 24.0 Å². The fourth-order valence-corrected chi connectivity index (χ4v) is 2.56. The van der Waals surface area contributed by atoms with E-state index >= 15 is 0 Å². The highest BCUT2D eigenvalue weighted by molar-refractivity contribution is 14.0. The fourth-order valence-electron chi connectivity index (χ4n) is 2.56. The van der Waals surface area contributed by atoms with E-state index in [-0.39, 0.29) is 47.3 Å². The minimum absolute atomic E-state index is 0. The Morgan fingerprint density at radius 2 is 1.93 bits per heavy atom. The van der Waals surface area contributed by atoms with Gasteiger partial charge < -0.3 is 25.4 Å². The number of alkyl halides is 2. The third-order valence-corrected chi connectivity index (χ3v) is 4.12. The molecule has 164 valence electrons. The van der Waals surface area contributed by atoms with E-state index in [2.05, 4.69) is 25.7 Å². The predicted molar refractivity (Wildman–Crippen MR) is 118 cm³/mol. The number of hydrogen-bond acceptors (Lipinski definition) is 4. The molecule has 7 nitrogen and oxygen atoms in total. The minimum Gasteiger partial charge on any atom is -0.493 e. The first-order valence-electron chi connectivity index (χ1n) is 9.45. The summed E-state index contributed by atoms with van der Waals surface area (Å²) in [6, 6.07) is 4.93. The number of nitrogens with zero attached hydrogens (tertiary/aromatic N) is 1. The molecule has 29 heavy (non-hydrogen) atoms. The molecule has 1 aromatic rings. The van der Waals surface area contributed by atoms with Crippen LogP contribution in [0, 0.1) is 5.92 Å². The number of carbonyl (C=O) groups excluding carboxylic acids is 1. The topological polar surface area (TPSA) is 84.0 Å². The maximum absolute atomic E-state index is 12.5. The lowest BCUT2D eigenvalue weighted by Gasteiger charge is -2.13. The van der Waals surface area contributed by atoms with E-state index < -0.39 is 6.61 Å². The molecular weight excluding hydrogens is 497 g/mol. The lowest BCUT2D eigenvalue weighted by atomic mass is 10.1. The SMILES string of the molecule is CCNC(=NCCc1ccc(OC)c(OC(F)F)c1)NCCNC(=O)C1CC1.I. The molecule has 0 bridgehead atoms. The molecule has 1 saturated carbocycles. The van der Waals surface area contributed by atoms with Crippen molar-refractivity contribution in [2.24, 2.45) is 10.9 Å². The Hall–Kier alpha value is -1.85. The lowest BCUT2D eigenvalue weighted by Crippen LogP contribution is -2.41. The van der Waals surface area contributed by atoms with Crippen molar-refractivity contribution in [1.29, 1.82) is 0 Å². The standard InChI is InChI=1S/C19H28F2N4O3.HI/c1-3-22-19(25-11-10-23-17(26)14-5-6-14)24-9-8-13-4-7-15(27-2)16(12-13)28-18(20)21;/h4,7,12,14,18H,3,5-6,8-11H2,1-2H3,(H,23,26)(H2,22,24,25);1H. The molecule has 1 amide bonds. The number of methoxy groups -OCH3 is 1. The van der Waals surface area contributed by atoms with Crippen molar-refractivity contribution in [1.82, 2.24) is 16.0 Å². The van der Waals surface area contributed by atoms with Crippen LogP contribution in [-0.2, 0) is 11.2 Å². The molecule has 3 N–H and O–H groups in total. The molecule has 1 aliphatic rings. The van der Waals surface area contributed by atoms with Gasteiger partial charge in [-0.3, -0.25) is 9.79 Å². The van der Waals surface area contributed by atoms with Gasteiger partial charge in [0.25, 0.3) is 0 Å². The Morgan fingerprint density at radius 1 is 1.21 bits per heavy atom. The fraction of sp³-hybridized carbons (Fsp3) is 0.579. The van der Waals surface area contributed by atoms with Gasteiger partial charge in [0.2, 0.25) is 5.91 Å². The monoisotopic (exact) mass is 526 g/mol. The number of halogens is 3. The molecule has 0 aliphatic heterocycles. The van der Waals surface area contributed by atoms with Crippen molar-refractivity contribution < 1.29 is 23.0 Å². The van der Waals surface area contributed by atoms with Gasteiger partial charge in [-0.05, 0) is 43.9 Å². The van der Waals surface area contributed by atoms with Crippen molar-refractivity contribution in [3.63, 3.8) is 0 Å². The lowest BCUT2D eigenvalue weighted by molar-refractivity contribution is -0.122. The van der Waals surface area contributed by atoms with Crippen LogP contribution in [0.15, 0.2) is 23.2 Å². The third kappa shape index (κ3) is 9.46. The van der Waals surface area contributed by atoms with E-state index in [1.54, 1.807) is 12.1 Å². The van der Waals surface area contributed by atoms with Crippen molar-refractivity contribution in [3.8, 4) is 11.5 Å². The molecule has 1 fully saturated rings. The number of carbonyl (C=O) groups is 1. The van der Waals surface area contributed by atoms with Crippen molar-refractivity contribution in [3.05, 3.63) is 23.8 Å². The van der Waals surface area contributed by atoms with E-state index in [4.69, 9.17) is 4.74 Å². The number of hydrogen-bond donors (Lipinski definition) is 3. The van der Waals surface area contributed by atoms with E-state index in [0.717, 1.165) is 18.4 Å². The summed E-state index contributed by atoms with van der Waals surface area (Å²) in [5.74, 6) is 1.22. The summed E-state index contributed by atoms with van der Waals surface area (Å²) in [5, 5.41) is 9.17. The van der Waals surface area contributed by atoms with Crippen LogP contribution in [0.1, 0.15) is 25.3 Å². The molecule has 0 spiro atoms. The first kappa shape index (κ1) is 25.2. The Labute approximate surface area is 187 Å². The molecular formula is C19H29F2IN4O3. The molecule has 2 rings (SSSR count). The van der Waals surface area contributed by atoms with E-state index in [1.807, 2.05) is 6.92 Å². The zero-order valence-electron chi connectivity index (χ0n) is 16.7. The molecule has 0 aromatic heterocycles. The van der Waals surface area contributed by atoms with E-state index in [0.29, 0.717) is 38.6 Å². The first-order chi connectivity index (χ1) is 13.5. The first-order valence-corrected chi connectivity index (χ1v) is 9.45. The number of aliphatic imine (C=N–C) groups is 1. The quantitative estimate of drug-likeness (QED) is 0.179. The van der Waals surface area contributed by atoms with Gasteiger partial charge in [-0.25, -0.2) is 0 Å². The maximum Gasteiger partial charge on any atom is 0.387 e. The number of guanidine groups is 1. The van der Waals surface area contributed by atoms with Crippen LogP contribution >= 0.6 is 24.0 Å². The van der Waals surface area contributed by atoms with Crippen LogP contribution in [0.4, 0.5) is 8.78 Å². The molecule has 0 unspecified atom stereocenters. The van der Waals surface area contributed by atoms with Crippen molar-refractivity contribution in [2.45, 2.75) is 32.8 Å². The largest absolute Gasteiger partial charge is 0.493 e. The number of benzene rings is 1. The second-order valence-electron chi connectivity index (χ2n) is 6.37. The van der Waals surface area contributed by atoms with Crippen molar-refractivity contribution in [2.75, 3.05) is 33.3 Å². The zero-order chi connectivity index (χ0) is 20.4. The summed E-state index contributed by atoms with van der Waals surface area (Å²) in [5.41, 5.74) is 0.813. The van der Waals surface area contributed by atoms with Gasteiger partial charge in [-0.2, -0.15) is 8.78 Å². The van der Waals surface area contributed by atoms with Gasteiger partial charge in [0.15, 0.2) is 17.5 Å².